The Labute approximate surface area is 200 Å². The van der Waals surface area contributed by atoms with Crippen molar-refractivity contribution in [2.45, 2.75) is 56.6 Å². The van der Waals surface area contributed by atoms with Crippen LogP contribution in [0.4, 0.5) is 16.2 Å². The molecule has 1 saturated heterocycles. The van der Waals surface area contributed by atoms with Crippen molar-refractivity contribution >= 4 is 38.5 Å². The molecule has 0 bridgehead atoms. The van der Waals surface area contributed by atoms with E-state index in [0.29, 0.717) is 48.3 Å². The first-order chi connectivity index (χ1) is 15.9. The van der Waals surface area contributed by atoms with Crippen LogP contribution in [0.1, 0.15) is 40.5 Å². The van der Waals surface area contributed by atoms with Gasteiger partial charge in [0.2, 0.25) is 0 Å². The number of benzene rings is 1. The van der Waals surface area contributed by atoms with Gasteiger partial charge < -0.3 is 20.4 Å². The number of nitrogens with two attached hydrogens (primary N) is 1. The number of hydrogen-bond acceptors (Lipinski definition) is 6. The minimum absolute atomic E-state index is 0.115. The number of aromatic nitrogens is 2. The van der Waals surface area contributed by atoms with Crippen molar-refractivity contribution in [3.8, 4) is 0 Å². The lowest BCUT2D eigenvalue weighted by Crippen LogP contribution is -2.57. The molecule has 1 amide bonds. The van der Waals surface area contributed by atoms with Crippen LogP contribution in [0.2, 0.25) is 0 Å². The van der Waals surface area contributed by atoms with Gasteiger partial charge in [-0.15, -0.1) is 0 Å². The average molecular weight is 486 g/mol. The number of piperidine rings is 1. The van der Waals surface area contributed by atoms with Crippen LogP contribution < -0.4 is 10.0 Å². The number of rotatable bonds is 4. The number of ether oxygens (including phenoxy) is 1. The Morgan fingerprint density at radius 2 is 1.91 bits per heavy atom. The van der Waals surface area contributed by atoms with Crippen molar-refractivity contribution in [3.63, 3.8) is 0 Å². The van der Waals surface area contributed by atoms with Crippen LogP contribution in [0.3, 0.4) is 0 Å². The van der Waals surface area contributed by atoms with Crippen LogP contribution in [0, 0.1) is 0 Å². The van der Waals surface area contributed by atoms with Crippen LogP contribution in [0.5, 0.6) is 0 Å². The summed E-state index contributed by atoms with van der Waals surface area (Å²) in [7, 11) is -3.99. The van der Waals surface area contributed by atoms with E-state index in [1.807, 2.05) is 33.8 Å². The van der Waals surface area contributed by atoms with E-state index in [2.05, 4.69) is 9.97 Å². The third-order valence-electron chi connectivity index (χ3n) is 6.03. The lowest BCUT2D eigenvalue weighted by molar-refractivity contribution is 0.0179. The molecule has 0 atom stereocenters. The minimum atomic E-state index is -3.99. The molecule has 0 radical (unpaired) electrons. The van der Waals surface area contributed by atoms with Crippen LogP contribution in [-0.4, -0.2) is 53.6 Å². The summed E-state index contributed by atoms with van der Waals surface area (Å²) in [6.07, 6.45) is 3.80. The maximum Gasteiger partial charge on any atom is 0.410 e. The molecule has 0 unspecified atom stereocenters. The van der Waals surface area contributed by atoms with E-state index >= 15 is 0 Å². The fraction of sp³-hybridized carbons (Fsp3) is 0.417. The highest BCUT2D eigenvalue weighted by atomic mass is 32.2. The highest BCUT2D eigenvalue weighted by Crippen LogP contribution is 2.40. The van der Waals surface area contributed by atoms with Gasteiger partial charge in [0.1, 0.15) is 11.2 Å². The number of carbonyl (C=O) groups excluding carboxylic acids is 1. The van der Waals surface area contributed by atoms with Gasteiger partial charge in [0.25, 0.3) is 10.0 Å². The number of pyridine rings is 1. The van der Waals surface area contributed by atoms with E-state index in [1.165, 1.54) is 10.4 Å². The molecule has 1 fully saturated rings. The number of anilines is 2. The molecule has 1 aliphatic rings. The Kier molecular flexibility index (Phi) is 5.97. The second-order valence-corrected chi connectivity index (χ2v) is 11.7. The Bertz CT molecular complexity index is 1300. The molecule has 3 aromatic rings. The van der Waals surface area contributed by atoms with Gasteiger partial charge in [0.15, 0.2) is 0 Å². The second-order valence-electron chi connectivity index (χ2n) is 9.88. The number of aromatic amines is 1. The molecule has 3 N–H and O–H groups in total. The van der Waals surface area contributed by atoms with E-state index < -0.39 is 27.3 Å². The first kappa shape index (κ1) is 23.9. The van der Waals surface area contributed by atoms with Crippen molar-refractivity contribution in [3.05, 3.63) is 48.8 Å². The van der Waals surface area contributed by atoms with E-state index in [4.69, 9.17) is 10.5 Å². The highest BCUT2D eigenvalue weighted by molar-refractivity contribution is 7.93. The standard InChI is InChI=1S/C24H31N5O4S/c1-23(2,3)33-22(30)28-14-10-24(4,11-15-28)29(20-9-13-27-21-19(20)8-12-26-21)34(31,32)18-7-5-6-17(25)16-18/h5-9,12-13,16H,10-11,14-15,25H2,1-4H3,(H,26,27). The first-order valence-corrected chi connectivity index (χ1v) is 12.7. The van der Waals surface area contributed by atoms with E-state index in [9.17, 15) is 13.2 Å². The number of hydrogen-bond donors (Lipinski definition) is 2. The molecular weight excluding hydrogens is 454 g/mol. The molecule has 0 aliphatic carbocycles. The number of nitrogen functional groups attached to an aromatic ring is 1. The number of nitrogens with zero attached hydrogens (tertiary/aromatic N) is 3. The van der Waals surface area contributed by atoms with Crippen molar-refractivity contribution < 1.29 is 17.9 Å². The Morgan fingerprint density at radius 1 is 1.21 bits per heavy atom. The number of carbonyl (C=O) groups is 1. The zero-order chi connectivity index (χ0) is 24.7. The van der Waals surface area contributed by atoms with E-state index in [-0.39, 0.29) is 4.90 Å². The van der Waals surface area contributed by atoms with Gasteiger partial charge in [-0.3, -0.25) is 4.31 Å². The summed E-state index contributed by atoms with van der Waals surface area (Å²) in [5.74, 6) is 0. The van der Waals surface area contributed by atoms with Gasteiger partial charge in [-0.25, -0.2) is 18.2 Å². The van der Waals surface area contributed by atoms with Gasteiger partial charge in [-0.2, -0.15) is 0 Å². The molecule has 0 saturated carbocycles. The maximum absolute atomic E-state index is 14.1. The molecule has 10 heteroatoms. The molecule has 182 valence electrons. The van der Waals surface area contributed by atoms with Crippen LogP contribution >= 0.6 is 0 Å². The Hall–Kier alpha value is -3.27. The zero-order valence-electron chi connectivity index (χ0n) is 19.9. The van der Waals surface area contributed by atoms with Crippen LogP contribution in [0.15, 0.2) is 53.7 Å². The van der Waals surface area contributed by atoms with Crippen molar-refractivity contribution in [2.75, 3.05) is 23.1 Å². The third kappa shape index (κ3) is 4.54. The summed E-state index contributed by atoms with van der Waals surface area (Å²) in [6, 6.07) is 9.84. The van der Waals surface area contributed by atoms with E-state index in [0.717, 1.165) is 0 Å². The summed E-state index contributed by atoms with van der Waals surface area (Å²) in [6.45, 7) is 8.13. The third-order valence-corrected chi connectivity index (χ3v) is 8.00. The van der Waals surface area contributed by atoms with Crippen LogP contribution in [-0.2, 0) is 14.8 Å². The first-order valence-electron chi connectivity index (χ1n) is 11.2. The summed E-state index contributed by atoms with van der Waals surface area (Å²) in [5, 5.41) is 0.700. The average Bonchev–Trinajstić information content (AvgIpc) is 3.23. The number of sulfonamides is 1. The van der Waals surface area contributed by atoms with Crippen LogP contribution in [0.25, 0.3) is 11.0 Å². The SMILES string of the molecule is CC(C)(C)OC(=O)N1CCC(C)(N(c2ccnc3[nH]ccc23)S(=O)(=O)c2cccc(N)c2)CC1. The van der Waals surface area contributed by atoms with Gasteiger partial charge in [0, 0.05) is 36.6 Å². The molecule has 1 aliphatic heterocycles. The summed E-state index contributed by atoms with van der Waals surface area (Å²) >= 11 is 0. The molecule has 1 aromatic carbocycles. The second kappa shape index (κ2) is 8.50. The van der Waals surface area contributed by atoms with Gasteiger partial charge in [-0.1, -0.05) is 6.07 Å². The number of H-pyrrole nitrogens is 1. The Balaban J connectivity index is 1.75. The maximum atomic E-state index is 14.1. The molecule has 4 rings (SSSR count). The lowest BCUT2D eigenvalue weighted by atomic mass is 9.89. The van der Waals surface area contributed by atoms with Gasteiger partial charge >= 0.3 is 6.09 Å². The van der Waals surface area contributed by atoms with Crippen molar-refractivity contribution in [1.82, 2.24) is 14.9 Å². The number of amides is 1. The van der Waals surface area contributed by atoms with Crippen molar-refractivity contribution in [2.24, 2.45) is 0 Å². The monoisotopic (exact) mass is 485 g/mol. The van der Waals surface area contributed by atoms with Crippen molar-refractivity contribution in [1.29, 1.82) is 0 Å². The summed E-state index contributed by atoms with van der Waals surface area (Å²) < 4.78 is 35.2. The number of likely N-dealkylation sites (tertiary alicyclic amines) is 1. The molecule has 9 nitrogen and oxygen atoms in total. The highest BCUT2D eigenvalue weighted by Gasteiger charge is 2.44. The molecule has 34 heavy (non-hydrogen) atoms. The predicted molar refractivity (Wildman–Crippen MR) is 132 cm³/mol. The number of fused-ring (bicyclic) bond motifs is 1. The molecular formula is C24H31N5O4S. The molecule has 0 spiro atoms. The zero-order valence-corrected chi connectivity index (χ0v) is 20.7. The lowest BCUT2D eigenvalue weighted by Gasteiger charge is -2.47. The quantitative estimate of drug-likeness (QED) is 0.536. The summed E-state index contributed by atoms with van der Waals surface area (Å²) in [4.78, 5) is 21.7. The van der Waals surface area contributed by atoms with Gasteiger partial charge in [-0.05, 0) is 70.9 Å². The van der Waals surface area contributed by atoms with Gasteiger partial charge in [0.05, 0.1) is 16.1 Å². The fourth-order valence-electron chi connectivity index (χ4n) is 4.31. The largest absolute Gasteiger partial charge is 0.444 e. The smallest absolute Gasteiger partial charge is 0.410 e. The minimum Gasteiger partial charge on any atom is -0.444 e. The van der Waals surface area contributed by atoms with E-state index in [1.54, 1.807) is 41.6 Å². The molecule has 2 aromatic heterocycles. The predicted octanol–water partition coefficient (Wildman–Crippen LogP) is 4.13. The normalized spacial score (nSPS) is 16.4. The fourth-order valence-corrected chi connectivity index (χ4v) is 6.24. The molecule has 3 heterocycles. The topological polar surface area (TPSA) is 122 Å². The Morgan fingerprint density at radius 3 is 2.56 bits per heavy atom. The number of nitrogens with one attached hydrogen (secondary N) is 1. The summed E-state index contributed by atoms with van der Waals surface area (Å²) in [5.41, 5.74) is 6.02.